The van der Waals surface area contributed by atoms with E-state index in [1.165, 1.54) is 14.0 Å². The fraction of sp³-hybridized carbons (Fsp3) is 0.929. The van der Waals surface area contributed by atoms with E-state index in [1.54, 1.807) is 0 Å². The van der Waals surface area contributed by atoms with Crippen LogP contribution in [0.15, 0.2) is 0 Å². The second-order valence-corrected chi connectivity index (χ2v) is 4.68. The maximum absolute atomic E-state index is 11.0. The highest BCUT2D eigenvalue weighted by atomic mass is 16.7. The van der Waals surface area contributed by atoms with Crippen molar-refractivity contribution >= 4 is 5.97 Å². The first-order valence-corrected chi connectivity index (χ1v) is 7.36. The molecule has 22 heavy (non-hydrogen) atoms. The number of carbonyl (C=O) groups is 1. The molecule has 0 aromatic rings. The van der Waals surface area contributed by atoms with Gasteiger partial charge in [-0.3, -0.25) is 4.79 Å². The Morgan fingerprint density at radius 1 is 1.09 bits per heavy atom. The molecule has 8 heteroatoms. The predicted molar refractivity (Wildman–Crippen MR) is 75.1 cm³/mol. The fourth-order valence-electron chi connectivity index (χ4n) is 2.43. The van der Waals surface area contributed by atoms with Crippen molar-refractivity contribution in [2.24, 2.45) is 0 Å². The van der Waals surface area contributed by atoms with E-state index >= 15 is 0 Å². The molecule has 0 saturated carbocycles. The molecule has 1 fully saturated rings. The van der Waals surface area contributed by atoms with Crippen molar-refractivity contribution in [1.82, 2.24) is 0 Å². The molecule has 1 heterocycles. The first-order chi connectivity index (χ1) is 10.6. The van der Waals surface area contributed by atoms with E-state index in [1.807, 2.05) is 13.8 Å². The molecule has 1 aliphatic heterocycles. The number of hydrogen-bond acceptors (Lipinski definition) is 8. The van der Waals surface area contributed by atoms with Gasteiger partial charge < -0.3 is 33.5 Å². The number of methoxy groups -OCH3 is 1. The number of ether oxygens (including phenoxy) is 6. The van der Waals surface area contributed by atoms with Gasteiger partial charge in [0.1, 0.15) is 37.8 Å². The maximum atomic E-state index is 11.0. The lowest BCUT2D eigenvalue weighted by molar-refractivity contribution is -0.323. The summed E-state index contributed by atoms with van der Waals surface area (Å²) in [4.78, 5) is 11.0. The van der Waals surface area contributed by atoms with Crippen molar-refractivity contribution in [3.63, 3.8) is 0 Å². The average molecular weight is 322 g/mol. The van der Waals surface area contributed by atoms with Gasteiger partial charge in [-0.15, -0.1) is 0 Å². The summed E-state index contributed by atoms with van der Waals surface area (Å²) < 4.78 is 32.8. The second kappa shape index (κ2) is 10.1. The molecule has 0 aliphatic carbocycles. The molecule has 1 rings (SSSR count). The highest BCUT2D eigenvalue weighted by Crippen LogP contribution is 2.28. The largest absolute Gasteiger partial charge is 0.463 e. The Balaban J connectivity index is 2.92. The van der Waals surface area contributed by atoms with Crippen molar-refractivity contribution in [3.05, 3.63) is 0 Å². The van der Waals surface area contributed by atoms with Crippen LogP contribution in [0, 0.1) is 0 Å². The van der Waals surface area contributed by atoms with Crippen LogP contribution in [0.1, 0.15) is 20.8 Å². The molecule has 0 amide bonds. The SMILES string of the molecule is CCOC1OC(COC(C)=O)C(OCO)C(OC)C1OCC. The Hall–Kier alpha value is -0.770. The summed E-state index contributed by atoms with van der Waals surface area (Å²) in [5.74, 6) is -0.430. The number of carbonyl (C=O) groups excluding carboxylic acids is 1. The fourth-order valence-corrected chi connectivity index (χ4v) is 2.43. The minimum atomic E-state index is -0.672. The Morgan fingerprint density at radius 3 is 2.27 bits per heavy atom. The quantitative estimate of drug-likeness (QED) is 0.471. The number of rotatable bonds is 9. The summed E-state index contributed by atoms with van der Waals surface area (Å²) in [6.45, 7) is 5.33. The zero-order valence-corrected chi connectivity index (χ0v) is 13.5. The van der Waals surface area contributed by atoms with Crippen LogP contribution in [0.5, 0.6) is 0 Å². The van der Waals surface area contributed by atoms with Crippen molar-refractivity contribution in [2.45, 2.75) is 51.5 Å². The highest BCUT2D eigenvalue weighted by Gasteiger charge is 2.48. The van der Waals surface area contributed by atoms with Gasteiger partial charge in [-0.1, -0.05) is 0 Å². The van der Waals surface area contributed by atoms with E-state index in [2.05, 4.69) is 0 Å². The first-order valence-electron chi connectivity index (χ1n) is 7.36. The Bertz CT molecular complexity index is 324. The third kappa shape index (κ3) is 5.15. The molecule has 5 unspecified atom stereocenters. The average Bonchev–Trinajstić information content (AvgIpc) is 2.49. The summed E-state index contributed by atoms with van der Waals surface area (Å²) in [7, 11) is 1.52. The van der Waals surface area contributed by atoms with Gasteiger partial charge in [0.25, 0.3) is 0 Å². The van der Waals surface area contributed by atoms with E-state index < -0.39 is 43.5 Å². The molecule has 0 bridgehead atoms. The molecular weight excluding hydrogens is 296 g/mol. The van der Waals surface area contributed by atoms with Crippen LogP contribution < -0.4 is 0 Å². The minimum absolute atomic E-state index is 0.0255. The first kappa shape index (κ1) is 19.3. The second-order valence-electron chi connectivity index (χ2n) is 4.68. The van der Waals surface area contributed by atoms with Crippen molar-refractivity contribution in [1.29, 1.82) is 0 Å². The van der Waals surface area contributed by atoms with Crippen LogP contribution in [0.25, 0.3) is 0 Å². The van der Waals surface area contributed by atoms with Crippen LogP contribution in [-0.4, -0.2) is 75.5 Å². The number of esters is 1. The van der Waals surface area contributed by atoms with E-state index in [0.717, 1.165) is 0 Å². The normalized spacial score (nSPS) is 32.0. The van der Waals surface area contributed by atoms with Gasteiger partial charge >= 0.3 is 5.97 Å². The Kier molecular flexibility index (Phi) is 8.84. The monoisotopic (exact) mass is 322 g/mol. The summed E-state index contributed by atoms with van der Waals surface area (Å²) in [5, 5.41) is 9.10. The number of aliphatic hydroxyl groups is 1. The van der Waals surface area contributed by atoms with E-state index in [4.69, 9.17) is 33.5 Å². The van der Waals surface area contributed by atoms with Crippen molar-refractivity contribution in [3.8, 4) is 0 Å². The van der Waals surface area contributed by atoms with Gasteiger partial charge in [-0.25, -0.2) is 0 Å². The van der Waals surface area contributed by atoms with Crippen LogP contribution in [0.4, 0.5) is 0 Å². The summed E-state index contributed by atoms with van der Waals surface area (Å²) in [5.41, 5.74) is 0. The summed E-state index contributed by atoms with van der Waals surface area (Å²) in [6.07, 6.45) is -3.00. The van der Waals surface area contributed by atoms with Gasteiger partial charge in [0.05, 0.1) is 0 Å². The molecule has 1 N–H and O–H groups in total. The smallest absolute Gasteiger partial charge is 0.302 e. The van der Waals surface area contributed by atoms with Crippen LogP contribution in [0.2, 0.25) is 0 Å². The summed E-state index contributed by atoms with van der Waals surface area (Å²) >= 11 is 0. The zero-order valence-electron chi connectivity index (χ0n) is 13.5. The predicted octanol–water partition coefficient (Wildman–Crippen LogP) is 0.0660. The van der Waals surface area contributed by atoms with Gasteiger partial charge in [0.15, 0.2) is 6.29 Å². The zero-order chi connectivity index (χ0) is 16.5. The van der Waals surface area contributed by atoms with Gasteiger partial charge in [-0.2, -0.15) is 0 Å². The Morgan fingerprint density at radius 2 is 1.77 bits per heavy atom. The summed E-state index contributed by atoms with van der Waals surface area (Å²) in [6, 6.07) is 0. The molecule has 0 spiro atoms. The van der Waals surface area contributed by atoms with Crippen LogP contribution in [-0.2, 0) is 33.2 Å². The number of aliphatic hydroxyl groups excluding tert-OH is 1. The molecule has 0 aromatic heterocycles. The highest BCUT2D eigenvalue weighted by molar-refractivity contribution is 5.65. The van der Waals surface area contributed by atoms with Crippen molar-refractivity contribution < 1.29 is 38.3 Å². The Labute approximate surface area is 130 Å². The molecular formula is C14H26O8. The topological polar surface area (TPSA) is 92.7 Å². The third-order valence-corrected chi connectivity index (χ3v) is 3.27. The molecule has 8 nitrogen and oxygen atoms in total. The lowest BCUT2D eigenvalue weighted by Gasteiger charge is -2.44. The van der Waals surface area contributed by atoms with E-state index in [0.29, 0.717) is 13.2 Å². The number of hydrogen-bond donors (Lipinski definition) is 1. The molecule has 1 aliphatic rings. The standard InChI is InChI=1S/C14H26O8/c1-5-18-13-12(17-4)11(21-8-15)10(7-20-9(3)16)22-14(13)19-6-2/h10-15H,5-8H2,1-4H3. The van der Waals surface area contributed by atoms with Gasteiger partial charge in [0, 0.05) is 27.2 Å². The maximum Gasteiger partial charge on any atom is 0.302 e. The van der Waals surface area contributed by atoms with Crippen LogP contribution in [0.3, 0.4) is 0 Å². The molecule has 130 valence electrons. The molecule has 1 saturated heterocycles. The molecule has 0 aromatic carbocycles. The van der Waals surface area contributed by atoms with E-state index in [9.17, 15) is 4.79 Å². The lowest BCUT2D eigenvalue weighted by Crippen LogP contribution is -2.61. The van der Waals surface area contributed by atoms with Gasteiger partial charge in [0.2, 0.25) is 0 Å². The van der Waals surface area contributed by atoms with Crippen LogP contribution >= 0.6 is 0 Å². The molecule has 0 radical (unpaired) electrons. The lowest BCUT2D eigenvalue weighted by atomic mass is 9.98. The van der Waals surface area contributed by atoms with E-state index in [-0.39, 0.29) is 6.61 Å². The van der Waals surface area contributed by atoms with Gasteiger partial charge in [-0.05, 0) is 13.8 Å². The van der Waals surface area contributed by atoms with Crippen molar-refractivity contribution in [2.75, 3.05) is 33.7 Å². The third-order valence-electron chi connectivity index (χ3n) is 3.27. The molecule has 5 atom stereocenters. The minimum Gasteiger partial charge on any atom is -0.463 e.